The molecule has 0 aliphatic carbocycles. The van der Waals surface area contributed by atoms with E-state index in [9.17, 15) is 14.0 Å². The molecule has 2 N–H and O–H groups in total. The van der Waals surface area contributed by atoms with Crippen LogP contribution in [0.2, 0.25) is 5.02 Å². The van der Waals surface area contributed by atoms with Gasteiger partial charge in [-0.25, -0.2) is 9.37 Å². The van der Waals surface area contributed by atoms with Crippen molar-refractivity contribution in [2.24, 2.45) is 4.99 Å². The Morgan fingerprint density at radius 2 is 2.10 bits per heavy atom. The Kier molecular flexibility index (Phi) is 9.14. The minimum absolute atomic E-state index is 0.127. The normalized spacial score (nSPS) is 12.1. The molecular weight excluding hydrogens is 421 g/mol. The van der Waals surface area contributed by atoms with Gasteiger partial charge in [-0.3, -0.25) is 14.6 Å². The maximum atomic E-state index is 14.3. The van der Waals surface area contributed by atoms with Crippen LogP contribution in [-0.4, -0.2) is 54.7 Å². The summed E-state index contributed by atoms with van der Waals surface area (Å²) in [5.74, 6) is 0.227. The highest BCUT2D eigenvalue weighted by Crippen LogP contribution is 2.32. The molecule has 0 radical (unpaired) electrons. The quantitative estimate of drug-likeness (QED) is 0.240. The summed E-state index contributed by atoms with van der Waals surface area (Å²) in [5.41, 5.74) is 0.897. The number of anilines is 1. The van der Waals surface area contributed by atoms with E-state index in [1.165, 1.54) is 6.07 Å². The van der Waals surface area contributed by atoms with Crippen LogP contribution in [0.15, 0.2) is 48.0 Å². The van der Waals surface area contributed by atoms with Crippen molar-refractivity contribution in [3.63, 3.8) is 0 Å². The molecule has 1 aromatic carbocycles. The Labute approximate surface area is 186 Å². The van der Waals surface area contributed by atoms with Gasteiger partial charge in [-0.1, -0.05) is 29.8 Å². The molecule has 0 aliphatic heterocycles. The Bertz CT molecular complexity index is 967. The number of hydrogen-bond donors (Lipinski definition) is 2. The predicted octanol–water partition coefficient (Wildman–Crippen LogP) is 3.50. The average Bonchev–Trinajstić information content (AvgIpc) is 2.77. The monoisotopic (exact) mass is 445 g/mol. The van der Waals surface area contributed by atoms with Gasteiger partial charge in [0.15, 0.2) is 0 Å². The lowest BCUT2D eigenvalue weighted by atomic mass is 10.1. The van der Waals surface area contributed by atoms with Crippen molar-refractivity contribution >= 4 is 36.1 Å². The zero-order valence-corrected chi connectivity index (χ0v) is 18.2. The van der Waals surface area contributed by atoms with Crippen LogP contribution in [0.1, 0.15) is 18.9 Å². The van der Waals surface area contributed by atoms with Gasteiger partial charge < -0.3 is 15.5 Å². The topological polar surface area (TPSA) is 86.7 Å². The van der Waals surface area contributed by atoms with Crippen LogP contribution in [0.25, 0.3) is 11.3 Å². The summed E-state index contributed by atoms with van der Waals surface area (Å²) < 4.78 is 14.3. The number of hydrogen-bond acceptors (Lipinski definition) is 4. The highest BCUT2D eigenvalue weighted by molar-refractivity contribution is 6.33. The van der Waals surface area contributed by atoms with E-state index in [-0.39, 0.29) is 28.1 Å². The highest BCUT2D eigenvalue weighted by Gasteiger charge is 2.24. The molecule has 9 heteroatoms. The first kappa shape index (κ1) is 24.0. The second kappa shape index (κ2) is 11.8. The van der Waals surface area contributed by atoms with E-state index in [0.717, 1.165) is 0 Å². The third kappa shape index (κ3) is 5.88. The first-order valence-corrected chi connectivity index (χ1v) is 10.0. The SMILES string of the molecule is C=CCCN(/C(=N/C)c1cc(Cl)c(-c2ccccc2F)nc1NC=O)C(C)CNC=O. The standard InChI is InChI=1S/C22H25ClFN5O2/c1-4-5-10-29(15(2)12-26-13-30)22(25-3)17-11-18(23)20(28-21(17)27-14-31)16-8-6-7-9-19(16)24/h4,6-9,11,13-15H,1,5,10,12H2,2-3H3,(H,26,30)(H,27,28,31)/b25-22+. The minimum atomic E-state index is -0.479. The molecule has 164 valence electrons. The molecule has 1 atom stereocenters. The van der Waals surface area contributed by atoms with Crippen molar-refractivity contribution in [1.82, 2.24) is 15.2 Å². The zero-order chi connectivity index (χ0) is 22.8. The van der Waals surface area contributed by atoms with Gasteiger partial charge in [0.1, 0.15) is 17.5 Å². The molecule has 0 bridgehead atoms. The van der Waals surface area contributed by atoms with Gasteiger partial charge in [0.25, 0.3) is 0 Å². The van der Waals surface area contributed by atoms with E-state index < -0.39 is 5.82 Å². The fourth-order valence-electron chi connectivity index (χ4n) is 3.17. The molecule has 31 heavy (non-hydrogen) atoms. The molecule has 2 rings (SSSR count). The number of carbonyl (C=O) groups excluding carboxylic acids is 2. The van der Waals surface area contributed by atoms with Gasteiger partial charge in [-0.05, 0) is 31.5 Å². The van der Waals surface area contributed by atoms with Gasteiger partial charge in [0, 0.05) is 31.7 Å². The van der Waals surface area contributed by atoms with Crippen LogP contribution in [0.4, 0.5) is 10.2 Å². The van der Waals surface area contributed by atoms with Gasteiger partial charge >= 0.3 is 0 Å². The smallest absolute Gasteiger partial charge is 0.212 e. The van der Waals surface area contributed by atoms with E-state index >= 15 is 0 Å². The third-order valence-corrected chi connectivity index (χ3v) is 4.92. The first-order chi connectivity index (χ1) is 15.0. The molecule has 1 heterocycles. The number of aromatic nitrogens is 1. The van der Waals surface area contributed by atoms with E-state index in [0.29, 0.717) is 43.7 Å². The number of rotatable bonds is 11. The molecule has 0 spiro atoms. The lowest BCUT2D eigenvalue weighted by molar-refractivity contribution is -0.109. The number of benzene rings is 1. The second-order valence-corrected chi connectivity index (χ2v) is 7.06. The molecule has 2 amide bonds. The van der Waals surface area contributed by atoms with Crippen LogP contribution < -0.4 is 10.6 Å². The number of amidine groups is 1. The molecule has 0 fully saturated rings. The average molecular weight is 446 g/mol. The summed E-state index contributed by atoms with van der Waals surface area (Å²) in [6.07, 6.45) is 3.56. The van der Waals surface area contributed by atoms with Crippen LogP contribution in [0.5, 0.6) is 0 Å². The lowest BCUT2D eigenvalue weighted by Gasteiger charge is -2.32. The number of amides is 2. The molecular formula is C22H25ClFN5O2. The lowest BCUT2D eigenvalue weighted by Crippen LogP contribution is -2.45. The molecule has 1 aromatic heterocycles. The minimum Gasteiger partial charge on any atom is -0.357 e. The van der Waals surface area contributed by atoms with Crippen LogP contribution in [-0.2, 0) is 9.59 Å². The maximum Gasteiger partial charge on any atom is 0.212 e. The number of pyridine rings is 1. The summed E-state index contributed by atoms with van der Waals surface area (Å²) in [5, 5.41) is 5.44. The van der Waals surface area contributed by atoms with Crippen molar-refractivity contribution in [2.45, 2.75) is 19.4 Å². The van der Waals surface area contributed by atoms with Crippen molar-refractivity contribution in [2.75, 3.05) is 25.5 Å². The maximum absolute atomic E-state index is 14.3. The van der Waals surface area contributed by atoms with Crippen molar-refractivity contribution in [3.8, 4) is 11.3 Å². The van der Waals surface area contributed by atoms with Crippen molar-refractivity contribution in [1.29, 1.82) is 0 Å². The molecule has 0 aliphatic rings. The van der Waals surface area contributed by atoms with E-state index in [1.807, 2.05) is 11.8 Å². The van der Waals surface area contributed by atoms with Gasteiger partial charge in [0.05, 0.1) is 16.3 Å². The van der Waals surface area contributed by atoms with Crippen molar-refractivity contribution < 1.29 is 14.0 Å². The van der Waals surface area contributed by atoms with E-state index in [4.69, 9.17) is 11.6 Å². The molecule has 1 unspecified atom stereocenters. The fraction of sp³-hybridized carbons (Fsp3) is 0.273. The molecule has 0 saturated carbocycles. The number of carbonyl (C=O) groups is 2. The number of aliphatic imine (C=N–C) groups is 1. The summed E-state index contributed by atoms with van der Waals surface area (Å²) >= 11 is 6.49. The molecule has 2 aromatic rings. The van der Waals surface area contributed by atoms with Crippen molar-refractivity contribution in [3.05, 3.63) is 59.4 Å². The Morgan fingerprint density at radius 3 is 2.71 bits per heavy atom. The summed E-state index contributed by atoms with van der Waals surface area (Å²) in [6, 6.07) is 7.59. The van der Waals surface area contributed by atoms with Crippen LogP contribution in [0.3, 0.4) is 0 Å². The summed E-state index contributed by atoms with van der Waals surface area (Å²) in [6.45, 7) is 6.63. The third-order valence-electron chi connectivity index (χ3n) is 4.63. The summed E-state index contributed by atoms with van der Waals surface area (Å²) in [4.78, 5) is 32.8. The van der Waals surface area contributed by atoms with Gasteiger partial charge in [-0.2, -0.15) is 0 Å². The van der Waals surface area contributed by atoms with E-state index in [2.05, 4.69) is 27.2 Å². The van der Waals surface area contributed by atoms with Crippen LogP contribution >= 0.6 is 11.6 Å². The zero-order valence-electron chi connectivity index (χ0n) is 17.4. The number of halogens is 2. The summed E-state index contributed by atoms with van der Waals surface area (Å²) in [7, 11) is 1.61. The first-order valence-electron chi connectivity index (χ1n) is 9.65. The number of nitrogens with one attached hydrogen (secondary N) is 2. The van der Waals surface area contributed by atoms with Gasteiger partial charge in [0.2, 0.25) is 12.8 Å². The molecule has 0 saturated heterocycles. The van der Waals surface area contributed by atoms with Gasteiger partial charge in [-0.15, -0.1) is 6.58 Å². The highest BCUT2D eigenvalue weighted by atomic mass is 35.5. The van der Waals surface area contributed by atoms with E-state index in [1.54, 1.807) is 37.4 Å². The molecule has 7 nitrogen and oxygen atoms in total. The second-order valence-electron chi connectivity index (χ2n) is 6.65. The Hall–Kier alpha value is -3.26. The predicted molar refractivity (Wildman–Crippen MR) is 122 cm³/mol. The Balaban J connectivity index is 2.60. The van der Waals surface area contributed by atoms with Crippen LogP contribution in [0, 0.1) is 5.82 Å². The largest absolute Gasteiger partial charge is 0.357 e. The Morgan fingerprint density at radius 1 is 1.35 bits per heavy atom. The fourth-order valence-corrected chi connectivity index (χ4v) is 3.42. The number of nitrogens with zero attached hydrogens (tertiary/aromatic N) is 3.